The molecule has 0 saturated heterocycles. The first-order valence-electron chi connectivity index (χ1n) is 5.68. The van der Waals surface area contributed by atoms with Crippen molar-refractivity contribution in [3.05, 3.63) is 35.9 Å². The topological polar surface area (TPSA) is 55.4 Å². The van der Waals surface area contributed by atoms with Gasteiger partial charge in [0.15, 0.2) is 0 Å². The van der Waals surface area contributed by atoms with Crippen LogP contribution in [0.4, 0.5) is 8.78 Å². The Hall–Kier alpha value is -1.98. The Kier molecular flexibility index (Phi) is 5.41. The number of carbonyl (C=O) groups excluding carboxylic acids is 2. The molecule has 1 aromatic rings. The summed E-state index contributed by atoms with van der Waals surface area (Å²) in [5.74, 6) is -4.00. The zero-order valence-electron chi connectivity index (χ0n) is 10.4. The molecule has 4 nitrogen and oxygen atoms in total. The van der Waals surface area contributed by atoms with Gasteiger partial charge >= 0.3 is 5.97 Å². The Labute approximate surface area is 109 Å². The second kappa shape index (κ2) is 6.82. The van der Waals surface area contributed by atoms with E-state index in [2.05, 4.69) is 4.74 Å². The maximum absolute atomic E-state index is 13.8. The maximum Gasteiger partial charge on any atom is 0.328 e. The number of methoxy groups -OCH3 is 1. The van der Waals surface area contributed by atoms with E-state index >= 15 is 0 Å². The highest BCUT2D eigenvalue weighted by molar-refractivity contribution is 5.78. The Morgan fingerprint density at radius 1 is 1.42 bits per heavy atom. The van der Waals surface area contributed by atoms with Crippen LogP contribution in [0, 0.1) is 0 Å². The molecule has 1 amide bonds. The highest BCUT2D eigenvalue weighted by Crippen LogP contribution is 2.25. The fourth-order valence-electron chi connectivity index (χ4n) is 1.70. The van der Waals surface area contributed by atoms with E-state index in [1.54, 1.807) is 30.3 Å². The number of nitrogens with one attached hydrogen (secondary N) is 1. The third-order valence-corrected chi connectivity index (χ3v) is 2.56. The molecule has 0 bridgehead atoms. The monoisotopic (exact) mass is 271 g/mol. The molecule has 1 N–H and O–H groups in total. The maximum atomic E-state index is 13.8. The van der Waals surface area contributed by atoms with Crippen LogP contribution in [0.1, 0.15) is 12.0 Å². The molecule has 19 heavy (non-hydrogen) atoms. The summed E-state index contributed by atoms with van der Waals surface area (Å²) < 4.78 is 32.0. The molecule has 6 heteroatoms. The van der Waals surface area contributed by atoms with Crippen molar-refractivity contribution >= 4 is 12.4 Å². The van der Waals surface area contributed by atoms with E-state index in [0.717, 1.165) is 7.11 Å². The van der Waals surface area contributed by atoms with Gasteiger partial charge in [0, 0.05) is 12.8 Å². The average molecular weight is 271 g/mol. The third-order valence-electron chi connectivity index (χ3n) is 2.56. The van der Waals surface area contributed by atoms with Crippen molar-refractivity contribution in [3.8, 4) is 0 Å². The second-order valence-corrected chi connectivity index (χ2v) is 4.08. The number of hydrogen-bond donors (Lipinski definition) is 1. The summed E-state index contributed by atoms with van der Waals surface area (Å²) in [6.07, 6.45) is -1.09. The van der Waals surface area contributed by atoms with Crippen LogP contribution < -0.4 is 5.32 Å². The van der Waals surface area contributed by atoms with Gasteiger partial charge in [-0.05, 0) is 5.56 Å². The minimum atomic E-state index is -3.11. The first kappa shape index (κ1) is 15.1. The van der Waals surface area contributed by atoms with Crippen molar-refractivity contribution in [2.75, 3.05) is 7.11 Å². The number of esters is 1. The number of rotatable bonds is 7. The Morgan fingerprint density at radius 2 is 2.05 bits per heavy atom. The first-order valence-corrected chi connectivity index (χ1v) is 5.68. The van der Waals surface area contributed by atoms with Crippen LogP contribution in [0.25, 0.3) is 0 Å². The second-order valence-electron chi connectivity index (χ2n) is 4.08. The first-order chi connectivity index (χ1) is 8.98. The summed E-state index contributed by atoms with van der Waals surface area (Å²) in [5, 5.41) is 2.04. The van der Waals surface area contributed by atoms with Gasteiger partial charge in [-0.1, -0.05) is 30.3 Å². The van der Waals surface area contributed by atoms with Gasteiger partial charge < -0.3 is 10.1 Å². The molecule has 0 aliphatic carbocycles. The standard InChI is InChI=1S/C13H15F2NO3/c1-19-12(18)11(16-9-17)8-13(14,15)7-10-5-3-2-4-6-10/h2-6,9,11H,7-8H2,1H3,(H,16,17). The van der Waals surface area contributed by atoms with Gasteiger partial charge in [-0.15, -0.1) is 0 Å². The summed E-state index contributed by atoms with van der Waals surface area (Å²) in [7, 11) is 1.08. The fraction of sp³-hybridized carbons (Fsp3) is 0.385. The number of alkyl halides is 2. The fourth-order valence-corrected chi connectivity index (χ4v) is 1.70. The van der Waals surface area contributed by atoms with Crippen LogP contribution in [-0.4, -0.2) is 31.5 Å². The van der Waals surface area contributed by atoms with Gasteiger partial charge in [-0.2, -0.15) is 0 Å². The molecule has 0 fully saturated rings. The average Bonchev–Trinajstić information content (AvgIpc) is 2.37. The smallest absolute Gasteiger partial charge is 0.328 e. The van der Waals surface area contributed by atoms with Crippen LogP contribution >= 0.6 is 0 Å². The summed E-state index contributed by atoms with van der Waals surface area (Å²) in [4.78, 5) is 21.6. The van der Waals surface area contributed by atoms with Crippen molar-refractivity contribution in [1.82, 2.24) is 5.32 Å². The summed E-state index contributed by atoms with van der Waals surface area (Å²) in [5.41, 5.74) is 0.460. The van der Waals surface area contributed by atoms with E-state index in [9.17, 15) is 18.4 Å². The normalized spacial score (nSPS) is 12.6. The van der Waals surface area contributed by atoms with E-state index in [1.807, 2.05) is 5.32 Å². The number of hydrogen-bond acceptors (Lipinski definition) is 3. The number of carbonyl (C=O) groups is 2. The highest BCUT2D eigenvalue weighted by Gasteiger charge is 2.36. The number of ether oxygens (including phenoxy) is 1. The highest BCUT2D eigenvalue weighted by atomic mass is 19.3. The molecule has 1 aromatic carbocycles. The van der Waals surface area contributed by atoms with E-state index in [-0.39, 0.29) is 6.41 Å². The van der Waals surface area contributed by atoms with Gasteiger partial charge in [-0.3, -0.25) is 4.79 Å². The summed E-state index contributed by atoms with van der Waals surface area (Å²) in [6.45, 7) is 0. The largest absolute Gasteiger partial charge is 0.467 e. The molecular weight excluding hydrogens is 256 g/mol. The summed E-state index contributed by atoms with van der Waals surface area (Å²) in [6, 6.07) is 6.86. The van der Waals surface area contributed by atoms with Crippen molar-refractivity contribution < 1.29 is 23.1 Å². The summed E-state index contributed by atoms with van der Waals surface area (Å²) >= 11 is 0. The van der Waals surface area contributed by atoms with Gasteiger partial charge in [0.05, 0.1) is 7.11 Å². The molecule has 0 radical (unpaired) electrons. The van der Waals surface area contributed by atoms with E-state index in [0.29, 0.717) is 5.56 Å². The Morgan fingerprint density at radius 3 is 2.58 bits per heavy atom. The molecule has 0 aliphatic rings. The van der Waals surface area contributed by atoms with E-state index in [4.69, 9.17) is 0 Å². The van der Waals surface area contributed by atoms with Gasteiger partial charge in [0.2, 0.25) is 6.41 Å². The minimum Gasteiger partial charge on any atom is -0.467 e. The van der Waals surface area contributed by atoms with Crippen molar-refractivity contribution in [2.24, 2.45) is 0 Å². The Balaban J connectivity index is 2.70. The third kappa shape index (κ3) is 5.03. The number of amides is 1. The molecular formula is C13H15F2NO3. The predicted molar refractivity (Wildman–Crippen MR) is 64.7 cm³/mol. The van der Waals surface area contributed by atoms with Crippen molar-refractivity contribution in [1.29, 1.82) is 0 Å². The molecule has 0 aromatic heterocycles. The molecule has 0 heterocycles. The zero-order chi connectivity index (χ0) is 14.3. The molecule has 0 spiro atoms. The van der Waals surface area contributed by atoms with Crippen LogP contribution in [0.15, 0.2) is 30.3 Å². The number of halogens is 2. The van der Waals surface area contributed by atoms with Gasteiger partial charge in [-0.25, -0.2) is 13.6 Å². The SMILES string of the molecule is COC(=O)C(CC(F)(F)Cc1ccccc1)NC=O. The molecule has 0 aliphatic heterocycles. The lowest BCUT2D eigenvalue weighted by Gasteiger charge is -2.21. The van der Waals surface area contributed by atoms with Crippen molar-refractivity contribution in [3.63, 3.8) is 0 Å². The lowest BCUT2D eigenvalue weighted by Crippen LogP contribution is -2.42. The van der Waals surface area contributed by atoms with E-state index < -0.39 is 30.8 Å². The van der Waals surface area contributed by atoms with Crippen LogP contribution in [0.2, 0.25) is 0 Å². The molecule has 1 rings (SSSR count). The van der Waals surface area contributed by atoms with Crippen molar-refractivity contribution in [2.45, 2.75) is 24.8 Å². The molecule has 104 valence electrons. The van der Waals surface area contributed by atoms with Gasteiger partial charge in [0.25, 0.3) is 5.92 Å². The zero-order valence-corrected chi connectivity index (χ0v) is 10.4. The molecule has 1 unspecified atom stereocenters. The number of benzene rings is 1. The van der Waals surface area contributed by atoms with Gasteiger partial charge in [0.1, 0.15) is 6.04 Å². The van der Waals surface area contributed by atoms with Crippen LogP contribution in [0.3, 0.4) is 0 Å². The van der Waals surface area contributed by atoms with E-state index in [1.165, 1.54) is 0 Å². The molecule has 1 atom stereocenters. The quantitative estimate of drug-likeness (QED) is 0.604. The lowest BCUT2D eigenvalue weighted by molar-refractivity contribution is -0.147. The van der Waals surface area contributed by atoms with Crippen LogP contribution in [0.5, 0.6) is 0 Å². The van der Waals surface area contributed by atoms with Crippen LogP contribution in [-0.2, 0) is 20.7 Å². The molecule has 0 saturated carbocycles. The lowest BCUT2D eigenvalue weighted by atomic mass is 10.0. The minimum absolute atomic E-state index is 0.209. The predicted octanol–water partition coefficient (Wildman–Crippen LogP) is 1.54. The Bertz CT molecular complexity index is 423.